The Balaban J connectivity index is 2.90. The third-order valence-electron chi connectivity index (χ3n) is 1.61. The first-order valence-corrected chi connectivity index (χ1v) is 3.89. The second kappa shape index (κ2) is 3.54. The molecule has 0 heterocycles. The van der Waals surface area contributed by atoms with Crippen LogP contribution in [-0.4, -0.2) is 6.04 Å². The molecule has 0 aliphatic rings. The number of nitrogen functional groups attached to an aromatic ring is 1. The normalized spacial score (nSPS) is 12.9. The van der Waals surface area contributed by atoms with Crippen LogP contribution in [-0.2, 0) is 6.42 Å². The SMILES string of the molecule is CC(N)Cc1cc(N)ccc1F. The molecule has 4 N–H and O–H groups in total. The smallest absolute Gasteiger partial charge is 0.126 e. The third kappa shape index (κ3) is 2.20. The van der Waals surface area contributed by atoms with Gasteiger partial charge in [0.1, 0.15) is 5.82 Å². The number of nitrogens with two attached hydrogens (primary N) is 2. The molecule has 3 heteroatoms. The lowest BCUT2D eigenvalue weighted by Gasteiger charge is -2.06. The summed E-state index contributed by atoms with van der Waals surface area (Å²) in [5.41, 5.74) is 12.2. The van der Waals surface area contributed by atoms with E-state index in [4.69, 9.17) is 11.5 Å². The van der Waals surface area contributed by atoms with Crippen molar-refractivity contribution in [3.8, 4) is 0 Å². The van der Waals surface area contributed by atoms with Gasteiger partial charge in [-0.25, -0.2) is 4.39 Å². The number of hydrogen-bond acceptors (Lipinski definition) is 2. The average molecular weight is 168 g/mol. The second-order valence-electron chi connectivity index (χ2n) is 3.03. The van der Waals surface area contributed by atoms with Gasteiger partial charge in [-0.15, -0.1) is 0 Å². The highest BCUT2D eigenvalue weighted by atomic mass is 19.1. The van der Waals surface area contributed by atoms with Crippen molar-refractivity contribution in [3.63, 3.8) is 0 Å². The highest BCUT2D eigenvalue weighted by Gasteiger charge is 2.04. The van der Waals surface area contributed by atoms with E-state index in [9.17, 15) is 4.39 Å². The third-order valence-corrected chi connectivity index (χ3v) is 1.61. The zero-order valence-electron chi connectivity index (χ0n) is 7.05. The Bertz CT molecular complexity index is 271. The average Bonchev–Trinajstić information content (AvgIpc) is 1.96. The number of halogens is 1. The highest BCUT2D eigenvalue weighted by Crippen LogP contribution is 2.13. The molecule has 1 aromatic rings. The van der Waals surface area contributed by atoms with Crippen LogP contribution in [0.15, 0.2) is 18.2 Å². The van der Waals surface area contributed by atoms with Crippen LogP contribution in [0.4, 0.5) is 10.1 Å². The minimum atomic E-state index is -0.235. The van der Waals surface area contributed by atoms with Crippen LogP contribution < -0.4 is 11.5 Å². The van der Waals surface area contributed by atoms with E-state index in [0.29, 0.717) is 17.7 Å². The summed E-state index contributed by atoms with van der Waals surface area (Å²) >= 11 is 0. The Hall–Kier alpha value is -1.09. The Kier molecular flexibility index (Phi) is 2.65. The summed E-state index contributed by atoms with van der Waals surface area (Å²) in [7, 11) is 0. The van der Waals surface area contributed by atoms with Crippen LogP contribution in [0.5, 0.6) is 0 Å². The van der Waals surface area contributed by atoms with Crippen LogP contribution in [0.2, 0.25) is 0 Å². The minimum absolute atomic E-state index is 0.0405. The van der Waals surface area contributed by atoms with Crippen molar-refractivity contribution in [2.45, 2.75) is 19.4 Å². The molecule has 0 radical (unpaired) electrons. The molecule has 1 atom stereocenters. The maximum absolute atomic E-state index is 13.0. The summed E-state index contributed by atoms with van der Waals surface area (Å²) in [6.45, 7) is 1.84. The predicted octanol–water partition coefficient (Wildman–Crippen LogP) is 1.30. The molecular formula is C9H13FN2. The molecule has 0 fully saturated rings. The molecule has 0 saturated carbocycles. The number of benzene rings is 1. The molecule has 12 heavy (non-hydrogen) atoms. The van der Waals surface area contributed by atoms with Gasteiger partial charge in [0.2, 0.25) is 0 Å². The molecule has 0 saturated heterocycles. The van der Waals surface area contributed by atoms with Crippen molar-refractivity contribution in [1.29, 1.82) is 0 Å². The molecule has 0 amide bonds. The van der Waals surface area contributed by atoms with Gasteiger partial charge in [-0.1, -0.05) is 0 Å². The number of anilines is 1. The molecule has 0 aliphatic heterocycles. The van der Waals surface area contributed by atoms with Crippen molar-refractivity contribution in [3.05, 3.63) is 29.6 Å². The summed E-state index contributed by atoms with van der Waals surface area (Å²) in [5.74, 6) is -0.235. The van der Waals surface area contributed by atoms with Gasteiger partial charge in [-0.2, -0.15) is 0 Å². The first-order chi connectivity index (χ1) is 5.59. The topological polar surface area (TPSA) is 52.0 Å². The number of hydrogen-bond donors (Lipinski definition) is 2. The van der Waals surface area contributed by atoms with E-state index in [0.717, 1.165) is 0 Å². The summed E-state index contributed by atoms with van der Waals surface area (Å²) < 4.78 is 13.0. The minimum Gasteiger partial charge on any atom is -0.399 e. The first-order valence-electron chi connectivity index (χ1n) is 3.89. The molecule has 1 unspecified atom stereocenters. The Morgan fingerprint density at radius 3 is 2.75 bits per heavy atom. The molecule has 2 nitrogen and oxygen atoms in total. The molecule has 1 aromatic carbocycles. The summed E-state index contributed by atoms with van der Waals surface area (Å²) in [4.78, 5) is 0. The van der Waals surface area contributed by atoms with E-state index in [-0.39, 0.29) is 11.9 Å². The predicted molar refractivity (Wildman–Crippen MR) is 48.2 cm³/mol. The molecule has 0 spiro atoms. The van der Waals surface area contributed by atoms with Gasteiger partial charge >= 0.3 is 0 Å². The van der Waals surface area contributed by atoms with Crippen molar-refractivity contribution in [1.82, 2.24) is 0 Å². The second-order valence-corrected chi connectivity index (χ2v) is 3.03. The molecule has 66 valence electrons. The maximum Gasteiger partial charge on any atom is 0.126 e. The van der Waals surface area contributed by atoms with Crippen molar-refractivity contribution in [2.75, 3.05) is 5.73 Å². The van der Waals surface area contributed by atoms with E-state index < -0.39 is 0 Å². The van der Waals surface area contributed by atoms with Crippen molar-refractivity contribution < 1.29 is 4.39 Å². The van der Waals surface area contributed by atoms with Gasteiger partial charge in [-0.05, 0) is 37.1 Å². The molecule has 0 bridgehead atoms. The van der Waals surface area contributed by atoms with Gasteiger partial charge in [0.25, 0.3) is 0 Å². The van der Waals surface area contributed by atoms with E-state index in [1.807, 2.05) is 6.92 Å². The van der Waals surface area contributed by atoms with Crippen LogP contribution in [0.3, 0.4) is 0 Å². The van der Waals surface area contributed by atoms with Crippen molar-refractivity contribution >= 4 is 5.69 Å². The van der Waals surface area contributed by atoms with Crippen molar-refractivity contribution in [2.24, 2.45) is 5.73 Å². The van der Waals surface area contributed by atoms with E-state index in [1.54, 1.807) is 12.1 Å². The van der Waals surface area contributed by atoms with E-state index in [2.05, 4.69) is 0 Å². The molecule has 0 aliphatic carbocycles. The van der Waals surface area contributed by atoms with Gasteiger partial charge in [-0.3, -0.25) is 0 Å². The van der Waals surface area contributed by atoms with Crippen LogP contribution in [0.25, 0.3) is 0 Å². The Morgan fingerprint density at radius 1 is 1.50 bits per heavy atom. The van der Waals surface area contributed by atoms with Gasteiger partial charge in [0.05, 0.1) is 0 Å². The zero-order valence-corrected chi connectivity index (χ0v) is 7.05. The Morgan fingerprint density at radius 2 is 2.17 bits per heavy atom. The molecule has 0 aromatic heterocycles. The van der Waals surface area contributed by atoms with Crippen LogP contribution >= 0.6 is 0 Å². The summed E-state index contributed by atoms with van der Waals surface area (Å²) in [6, 6.07) is 4.49. The fraction of sp³-hybridized carbons (Fsp3) is 0.333. The highest BCUT2D eigenvalue weighted by molar-refractivity contribution is 5.41. The standard InChI is InChI=1S/C9H13FN2/c1-6(11)4-7-5-8(12)2-3-9(7)10/h2-3,5-6H,4,11-12H2,1H3. The van der Waals surface area contributed by atoms with Gasteiger partial charge < -0.3 is 11.5 Å². The molecule has 1 rings (SSSR count). The lowest BCUT2D eigenvalue weighted by atomic mass is 10.1. The van der Waals surface area contributed by atoms with E-state index >= 15 is 0 Å². The van der Waals surface area contributed by atoms with E-state index in [1.165, 1.54) is 6.07 Å². The lowest BCUT2D eigenvalue weighted by Crippen LogP contribution is -2.18. The largest absolute Gasteiger partial charge is 0.399 e. The van der Waals surface area contributed by atoms with Gasteiger partial charge in [0.15, 0.2) is 0 Å². The number of rotatable bonds is 2. The fourth-order valence-electron chi connectivity index (χ4n) is 1.10. The summed E-state index contributed by atoms with van der Waals surface area (Å²) in [5, 5.41) is 0. The lowest BCUT2D eigenvalue weighted by molar-refractivity contribution is 0.596. The molecular weight excluding hydrogens is 155 g/mol. The summed E-state index contributed by atoms with van der Waals surface area (Å²) in [6.07, 6.45) is 0.525. The monoisotopic (exact) mass is 168 g/mol. The fourth-order valence-corrected chi connectivity index (χ4v) is 1.10. The van der Waals surface area contributed by atoms with Crippen LogP contribution in [0.1, 0.15) is 12.5 Å². The zero-order chi connectivity index (χ0) is 9.14. The maximum atomic E-state index is 13.0. The first kappa shape index (κ1) is 9.00. The Labute approximate surface area is 71.4 Å². The van der Waals surface area contributed by atoms with Gasteiger partial charge in [0, 0.05) is 11.7 Å². The van der Waals surface area contributed by atoms with Crippen LogP contribution in [0, 0.1) is 5.82 Å². The quantitative estimate of drug-likeness (QED) is 0.654.